The Morgan fingerprint density at radius 3 is 2.52 bits per heavy atom. The lowest BCUT2D eigenvalue weighted by Crippen LogP contribution is -2.64. The van der Waals surface area contributed by atoms with Gasteiger partial charge in [-0.05, 0) is 61.7 Å². The largest absolute Gasteiger partial charge is 0.497 e. The number of nitrogens with zero attached hydrogens (tertiary/aromatic N) is 2. The number of benzene rings is 1. The first-order valence-corrected chi connectivity index (χ1v) is 11.5. The molecule has 172 valence electrons. The van der Waals surface area contributed by atoms with Gasteiger partial charge in [0, 0.05) is 12.6 Å². The fraction of sp³-hybridized carbons (Fsp3) is 0.385. The average Bonchev–Trinajstić information content (AvgIpc) is 3.59. The van der Waals surface area contributed by atoms with E-state index in [1.54, 1.807) is 18.3 Å². The number of ether oxygens (including phenoxy) is 1. The molecule has 7 heteroatoms. The Balaban J connectivity index is 1.52. The van der Waals surface area contributed by atoms with E-state index >= 15 is 0 Å². The molecule has 0 radical (unpaired) electrons. The zero-order chi connectivity index (χ0) is 23.0. The molecule has 0 unspecified atom stereocenters. The van der Waals surface area contributed by atoms with Gasteiger partial charge in [-0.3, -0.25) is 9.59 Å². The lowest BCUT2D eigenvalue weighted by Gasteiger charge is -2.44. The molecule has 1 N–H and O–H groups in total. The summed E-state index contributed by atoms with van der Waals surface area (Å²) in [7, 11) is 1.62. The summed E-state index contributed by atoms with van der Waals surface area (Å²) in [6, 6.07) is 15.2. The number of carbonyl (C=O) groups is 2. The Morgan fingerprint density at radius 2 is 1.85 bits per heavy atom. The molecule has 0 bridgehead atoms. The molecular formula is C26H29N3O4. The molecule has 1 aliphatic heterocycles. The van der Waals surface area contributed by atoms with Crippen molar-refractivity contribution in [1.82, 2.24) is 14.8 Å². The maximum Gasteiger partial charge on any atom is 0.271 e. The summed E-state index contributed by atoms with van der Waals surface area (Å²) >= 11 is 0. The zero-order valence-electron chi connectivity index (χ0n) is 19.0. The molecule has 1 aliphatic carbocycles. The van der Waals surface area contributed by atoms with Gasteiger partial charge in [0.1, 0.15) is 22.7 Å². The van der Waals surface area contributed by atoms with E-state index in [0.29, 0.717) is 24.5 Å². The van der Waals surface area contributed by atoms with Gasteiger partial charge in [-0.15, -0.1) is 0 Å². The Kier molecular flexibility index (Phi) is 5.48. The van der Waals surface area contributed by atoms with E-state index in [0.717, 1.165) is 42.7 Å². The fourth-order valence-electron chi connectivity index (χ4n) is 4.98. The van der Waals surface area contributed by atoms with Gasteiger partial charge in [-0.1, -0.05) is 25.0 Å². The van der Waals surface area contributed by atoms with Crippen LogP contribution in [0.5, 0.6) is 5.75 Å². The third-order valence-electron chi connectivity index (χ3n) is 6.96. The Labute approximate surface area is 193 Å². The van der Waals surface area contributed by atoms with Crippen molar-refractivity contribution in [2.45, 2.75) is 57.3 Å². The average molecular weight is 448 g/mol. The van der Waals surface area contributed by atoms with Gasteiger partial charge in [0.2, 0.25) is 5.91 Å². The normalized spacial score (nSPS) is 20.7. The molecule has 3 aromatic rings. The van der Waals surface area contributed by atoms with Crippen molar-refractivity contribution in [1.29, 1.82) is 0 Å². The number of methoxy groups -OCH3 is 1. The highest BCUT2D eigenvalue weighted by atomic mass is 16.5. The molecular weight excluding hydrogens is 418 g/mol. The lowest BCUT2D eigenvalue weighted by atomic mass is 9.93. The smallest absolute Gasteiger partial charge is 0.271 e. The second-order valence-corrected chi connectivity index (χ2v) is 9.14. The van der Waals surface area contributed by atoms with E-state index in [1.165, 1.54) is 0 Å². The molecule has 0 saturated heterocycles. The Bertz CT molecular complexity index is 1140. The quantitative estimate of drug-likeness (QED) is 0.614. The highest BCUT2D eigenvalue weighted by molar-refractivity contribution is 6.00. The Hall–Kier alpha value is -3.48. The first-order chi connectivity index (χ1) is 16.0. The van der Waals surface area contributed by atoms with Crippen molar-refractivity contribution in [2.24, 2.45) is 0 Å². The van der Waals surface area contributed by atoms with Crippen molar-refractivity contribution in [2.75, 3.05) is 7.11 Å². The van der Waals surface area contributed by atoms with Crippen LogP contribution in [0.3, 0.4) is 0 Å². The molecule has 3 heterocycles. The topological polar surface area (TPSA) is 76.7 Å². The number of fused-ring (bicyclic) bond motifs is 1. The van der Waals surface area contributed by atoms with Crippen LogP contribution in [0, 0.1) is 0 Å². The van der Waals surface area contributed by atoms with Crippen LogP contribution in [0.2, 0.25) is 0 Å². The van der Waals surface area contributed by atoms with Gasteiger partial charge in [0.15, 0.2) is 0 Å². The highest BCUT2D eigenvalue weighted by Gasteiger charge is 2.48. The van der Waals surface area contributed by atoms with Gasteiger partial charge in [0.05, 0.1) is 25.6 Å². The molecule has 1 saturated carbocycles. The fourth-order valence-corrected chi connectivity index (χ4v) is 4.98. The van der Waals surface area contributed by atoms with E-state index in [4.69, 9.17) is 9.15 Å². The monoisotopic (exact) mass is 447 g/mol. The number of hydrogen-bond donors (Lipinski definition) is 1. The van der Waals surface area contributed by atoms with Crippen LogP contribution in [0.4, 0.5) is 0 Å². The molecule has 1 aromatic carbocycles. The van der Waals surface area contributed by atoms with Crippen LogP contribution in [0.1, 0.15) is 48.7 Å². The van der Waals surface area contributed by atoms with Gasteiger partial charge in [0.25, 0.3) is 5.91 Å². The first kappa shape index (κ1) is 21.4. The summed E-state index contributed by atoms with van der Waals surface area (Å²) in [5.41, 5.74) is 1.25. The maximum atomic E-state index is 13.8. The third-order valence-corrected chi connectivity index (χ3v) is 6.96. The van der Waals surface area contributed by atoms with E-state index in [2.05, 4.69) is 5.32 Å². The zero-order valence-corrected chi connectivity index (χ0v) is 19.0. The van der Waals surface area contributed by atoms with Gasteiger partial charge < -0.3 is 23.9 Å². The number of aromatic nitrogens is 1. The Morgan fingerprint density at radius 1 is 1.12 bits per heavy atom. The molecule has 5 rings (SSSR count). The summed E-state index contributed by atoms with van der Waals surface area (Å²) in [5, 5.41) is 3.23. The van der Waals surface area contributed by atoms with Crippen LogP contribution in [-0.2, 0) is 17.9 Å². The summed E-state index contributed by atoms with van der Waals surface area (Å²) in [6.07, 6.45) is 5.84. The number of nitrogens with one attached hydrogen (secondary N) is 1. The van der Waals surface area contributed by atoms with Gasteiger partial charge in [-0.2, -0.15) is 0 Å². The molecule has 1 atom stereocenters. The molecule has 33 heavy (non-hydrogen) atoms. The van der Waals surface area contributed by atoms with Gasteiger partial charge in [-0.25, -0.2) is 0 Å². The molecule has 0 spiro atoms. The van der Waals surface area contributed by atoms with Crippen LogP contribution in [0.25, 0.3) is 11.5 Å². The summed E-state index contributed by atoms with van der Waals surface area (Å²) in [5.74, 6) is 1.15. The summed E-state index contributed by atoms with van der Waals surface area (Å²) in [4.78, 5) is 29.2. The first-order valence-electron chi connectivity index (χ1n) is 11.5. The van der Waals surface area contributed by atoms with E-state index in [9.17, 15) is 9.59 Å². The SMILES string of the molecule is COc1ccc(CN2C(=O)c3ccc(-c4ccco4)n3C[C@]2(C)C(=O)NC2CCCC2)cc1. The highest BCUT2D eigenvalue weighted by Crippen LogP contribution is 2.35. The lowest BCUT2D eigenvalue weighted by molar-refractivity contribution is -0.133. The summed E-state index contributed by atoms with van der Waals surface area (Å²) < 4.78 is 12.8. The van der Waals surface area contributed by atoms with E-state index < -0.39 is 5.54 Å². The second kappa shape index (κ2) is 8.46. The summed E-state index contributed by atoms with van der Waals surface area (Å²) in [6.45, 7) is 2.55. The van der Waals surface area contributed by atoms with Crippen molar-refractivity contribution in [3.8, 4) is 17.2 Å². The molecule has 2 aliphatic rings. The third kappa shape index (κ3) is 3.81. The van der Waals surface area contributed by atoms with Crippen molar-refractivity contribution >= 4 is 11.8 Å². The predicted molar refractivity (Wildman–Crippen MR) is 124 cm³/mol. The number of hydrogen-bond acceptors (Lipinski definition) is 4. The minimum absolute atomic E-state index is 0.110. The number of rotatable bonds is 6. The van der Waals surface area contributed by atoms with Crippen LogP contribution < -0.4 is 10.1 Å². The van der Waals surface area contributed by atoms with Crippen molar-refractivity contribution in [3.05, 3.63) is 66.1 Å². The molecule has 2 amide bonds. The van der Waals surface area contributed by atoms with Gasteiger partial charge >= 0.3 is 0 Å². The maximum absolute atomic E-state index is 13.8. The predicted octanol–water partition coefficient (Wildman–Crippen LogP) is 4.23. The second-order valence-electron chi connectivity index (χ2n) is 9.14. The van der Waals surface area contributed by atoms with Crippen LogP contribution in [0.15, 0.2) is 59.2 Å². The number of amides is 2. The van der Waals surface area contributed by atoms with Crippen LogP contribution in [-0.4, -0.2) is 40.0 Å². The minimum atomic E-state index is -1.05. The van der Waals surface area contributed by atoms with E-state index in [1.807, 2.05) is 60.0 Å². The van der Waals surface area contributed by atoms with E-state index in [-0.39, 0.29) is 17.9 Å². The molecule has 7 nitrogen and oxygen atoms in total. The number of carbonyl (C=O) groups excluding carboxylic acids is 2. The standard InChI is InChI=1S/C26H29N3O4/c1-26(25(31)27-19-6-3-4-7-19)17-28-21(23-8-5-15-33-23)13-14-22(28)24(30)29(26)16-18-9-11-20(32-2)12-10-18/h5,8-15,19H,3-4,6-7,16-17H2,1-2H3,(H,27,31)/t26-/m1/s1. The number of furan rings is 1. The molecule has 2 aromatic heterocycles. The minimum Gasteiger partial charge on any atom is -0.497 e. The van der Waals surface area contributed by atoms with Crippen molar-refractivity contribution in [3.63, 3.8) is 0 Å². The van der Waals surface area contributed by atoms with Crippen LogP contribution >= 0.6 is 0 Å². The molecule has 1 fully saturated rings. The van der Waals surface area contributed by atoms with Crippen molar-refractivity contribution < 1.29 is 18.7 Å².